The summed E-state index contributed by atoms with van der Waals surface area (Å²) in [5.41, 5.74) is 5.98. The Hall–Kier alpha value is -1.58. The number of fused-ring (bicyclic) bond motifs is 2. The van der Waals surface area contributed by atoms with Crippen LogP contribution in [0, 0.1) is 17.8 Å². The van der Waals surface area contributed by atoms with Crippen LogP contribution in [0.4, 0.5) is 5.69 Å². The molecule has 1 saturated heterocycles. The van der Waals surface area contributed by atoms with Crippen LogP contribution >= 0.6 is 23.5 Å². The second-order valence-electron chi connectivity index (χ2n) is 12.9. The third-order valence-corrected chi connectivity index (χ3v) is 13.3. The topological polar surface area (TPSA) is 3.24 Å². The lowest BCUT2D eigenvalue weighted by Gasteiger charge is -2.30. The molecule has 41 heavy (non-hydrogen) atoms. The number of allylic oxidation sites excluding steroid dienone is 5. The average molecular weight is 586 g/mol. The first-order valence-corrected chi connectivity index (χ1v) is 18.8. The molecule has 0 aromatic heterocycles. The van der Waals surface area contributed by atoms with Crippen LogP contribution in [0.25, 0.3) is 0 Å². The van der Waals surface area contributed by atoms with Gasteiger partial charge in [-0.25, -0.2) is 0 Å². The van der Waals surface area contributed by atoms with Gasteiger partial charge in [0.05, 0.1) is 6.04 Å². The molecular formula is C38H51NS2. The molecule has 0 N–H and O–H groups in total. The molecule has 1 nitrogen and oxygen atoms in total. The van der Waals surface area contributed by atoms with Crippen LogP contribution in [0.5, 0.6) is 0 Å². The summed E-state index contributed by atoms with van der Waals surface area (Å²) >= 11 is 4.50. The SMILES string of the molecule is CCCCCCC1C=C(C2SCCC2CCCCCC)SC1c1ccc(N2C3=C(CCC=C3)C3C=CC=CC32)cc1. The van der Waals surface area contributed by atoms with E-state index >= 15 is 0 Å². The Balaban J connectivity index is 1.19. The predicted molar refractivity (Wildman–Crippen MR) is 184 cm³/mol. The fraction of sp³-hybridized carbons (Fsp3) is 0.579. The summed E-state index contributed by atoms with van der Waals surface area (Å²) in [4.78, 5) is 4.34. The minimum absolute atomic E-state index is 0.424. The Morgan fingerprint density at radius 3 is 2.44 bits per heavy atom. The number of rotatable bonds is 13. The van der Waals surface area contributed by atoms with Crippen LogP contribution in [-0.2, 0) is 0 Å². The quantitative estimate of drug-likeness (QED) is 0.212. The first-order valence-electron chi connectivity index (χ1n) is 16.9. The second kappa shape index (κ2) is 14.3. The van der Waals surface area contributed by atoms with Crippen molar-refractivity contribution >= 4 is 29.2 Å². The van der Waals surface area contributed by atoms with E-state index in [9.17, 15) is 0 Å². The summed E-state index contributed by atoms with van der Waals surface area (Å²) in [5, 5.41) is 1.33. The monoisotopic (exact) mass is 585 g/mol. The Labute approximate surface area is 259 Å². The highest BCUT2D eigenvalue weighted by Crippen LogP contribution is 2.56. The maximum atomic E-state index is 2.76. The van der Waals surface area contributed by atoms with E-state index in [1.165, 1.54) is 106 Å². The number of benzene rings is 1. The molecule has 220 valence electrons. The molecule has 0 bridgehead atoms. The smallest absolute Gasteiger partial charge is 0.0626 e. The Kier molecular flexibility index (Phi) is 10.3. The molecule has 6 rings (SSSR count). The van der Waals surface area contributed by atoms with Crippen LogP contribution in [0.3, 0.4) is 0 Å². The molecule has 0 radical (unpaired) electrons. The molecule has 3 heterocycles. The van der Waals surface area contributed by atoms with Gasteiger partial charge in [-0.15, -0.1) is 11.8 Å². The lowest BCUT2D eigenvalue weighted by Crippen LogP contribution is -2.32. The van der Waals surface area contributed by atoms with E-state index in [1.807, 2.05) is 0 Å². The van der Waals surface area contributed by atoms with Crippen LogP contribution in [0.2, 0.25) is 0 Å². The summed E-state index contributed by atoms with van der Waals surface area (Å²) in [7, 11) is 0. The van der Waals surface area contributed by atoms with Crippen molar-refractivity contribution in [3.05, 3.63) is 88.5 Å². The molecular weight excluding hydrogens is 535 g/mol. The van der Waals surface area contributed by atoms with E-state index in [4.69, 9.17) is 0 Å². The fourth-order valence-corrected chi connectivity index (χ4v) is 11.3. The molecule has 3 heteroatoms. The normalized spacial score (nSPS) is 30.3. The second-order valence-corrected chi connectivity index (χ2v) is 15.4. The zero-order chi connectivity index (χ0) is 28.0. The summed E-state index contributed by atoms with van der Waals surface area (Å²) in [6.07, 6.45) is 34.5. The third kappa shape index (κ3) is 6.52. The summed E-state index contributed by atoms with van der Waals surface area (Å²) < 4.78 is 0. The molecule has 6 unspecified atom stereocenters. The van der Waals surface area contributed by atoms with Gasteiger partial charge >= 0.3 is 0 Å². The highest BCUT2D eigenvalue weighted by Gasteiger charge is 2.40. The van der Waals surface area contributed by atoms with Crippen molar-refractivity contribution in [2.24, 2.45) is 17.8 Å². The summed E-state index contributed by atoms with van der Waals surface area (Å²) in [6, 6.07) is 10.3. The number of hydrogen-bond acceptors (Lipinski definition) is 3. The standard InChI is InChI=1S/C38H51NS2/c1-3-5-7-9-15-28-25-26-40-38(28)36-27-30(16-10-8-6-4-2)37(41-36)29-21-23-31(24-22-29)39-34-19-13-11-17-32(34)33-18-12-14-20-35(33)39/h11,13-14,17,19-24,27-28,30,32,34,37-38H,3-10,12,15-16,18,25-26H2,1-2H3. The van der Waals surface area contributed by atoms with Crippen molar-refractivity contribution in [2.75, 3.05) is 10.7 Å². The fourth-order valence-electron chi connectivity index (χ4n) is 7.87. The van der Waals surface area contributed by atoms with Gasteiger partial charge in [-0.2, -0.15) is 11.8 Å². The van der Waals surface area contributed by atoms with Gasteiger partial charge in [0.15, 0.2) is 0 Å². The molecule has 0 amide bonds. The van der Waals surface area contributed by atoms with Crippen LogP contribution in [-0.4, -0.2) is 17.0 Å². The molecule has 0 saturated carbocycles. The van der Waals surface area contributed by atoms with Gasteiger partial charge in [-0.1, -0.05) is 114 Å². The molecule has 1 fully saturated rings. The van der Waals surface area contributed by atoms with Crippen LogP contribution in [0.15, 0.2) is 83.0 Å². The maximum absolute atomic E-state index is 2.76. The Morgan fingerprint density at radius 2 is 1.63 bits per heavy atom. The van der Waals surface area contributed by atoms with Crippen LogP contribution < -0.4 is 4.90 Å². The van der Waals surface area contributed by atoms with E-state index in [1.54, 1.807) is 10.5 Å². The molecule has 0 spiro atoms. The largest absolute Gasteiger partial charge is 0.334 e. The lowest BCUT2D eigenvalue weighted by atomic mass is 9.87. The highest BCUT2D eigenvalue weighted by atomic mass is 32.2. The first-order chi connectivity index (χ1) is 20.3. The van der Waals surface area contributed by atoms with Gasteiger partial charge in [-0.3, -0.25) is 0 Å². The van der Waals surface area contributed by atoms with E-state index < -0.39 is 0 Å². The number of nitrogens with zero attached hydrogens (tertiary/aromatic N) is 1. The van der Waals surface area contributed by atoms with Gasteiger partial charge in [0, 0.05) is 27.8 Å². The Morgan fingerprint density at radius 1 is 0.854 bits per heavy atom. The van der Waals surface area contributed by atoms with Crippen molar-refractivity contribution in [3.8, 4) is 0 Å². The zero-order valence-electron chi connectivity index (χ0n) is 25.5. The molecule has 1 aromatic carbocycles. The summed E-state index contributed by atoms with van der Waals surface area (Å²) in [5.74, 6) is 3.46. The van der Waals surface area contributed by atoms with Crippen LogP contribution in [0.1, 0.15) is 108 Å². The highest BCUT2D eigenvalue weighted by molar-refractivity contribution is 8.06. The van der Waals surface area contributed by atoms with Crippen molar-refractivity contribution in [3.63, 3.8) is 0 Å². The van der Waals surface area contributed by atoms with E-state index in [0.29, 0.717) is 23.1 Å². The van der Waals surface area contributed by atoms with Gasteiger partial charge in [-0.05, 0) is 83.9 Å². The third-order valence-electron chi connectivity index (χ3n) is 10.1. The van der Waals surface area contributed by atoms with Gasteiger partial charge in [0.25, 0.3) is 0 Å². The molecule has 6 atom stereocenters. The minimum Gasteiger partial charge on any atom is -0.334 e. The van der Waals surface area contributed by atoms with Crippen molar-refractivity contribution in [2.45, 2.75) is 114 Å². The van der Waals surface area contributed by atoms with Crippen molar-refractivity contribution in [1.29, 1.82) is 0 Å². The number of hydrogen-bond donors (Lipinski definition) is 0. The van der Waals surface area contributed by atoms with Crippen molar-refractivity contribution in [1.82, 2.24) is 0 Å². The van der Waals surface area contributed by atoms with E-state index in [0.717, 1.165) is 11.2 Å². The van der Waals surface area contributed by atoms with Crippen molar-refractivity contribution < 1.29 is 0 Å². The maximum Gasteiger partial charge on any atom is 0.0626 e. The average Bonchev–Trinajstić information content (AvgIpc) is 3.73. The van der Waals surface area contributed by atoms with E-state index in [-0.39, 0.29) is 0 Å². The first kappa shape index (κ1) is 29.5. The molecule has 3 aliphatic heterocycles. The molecule has 5 aliphatic rings. The zero-order valence-corrected chi connectivity index (χ0v) is 27.1. The lowest BCUT2D eigenvalue weighted by molar-refractivity contribution is 0.468. The summed E-state index contributed by atoms with van der Waals surface area (Å²) in [6.45, 7) is 4.66. The van der Waals surface area contributed by atoms with E-state index in [2.05, 4.69) is 109 Å². The molecule has 2 aliphatic carbocycles. The van der Waals surface area contributed by atoms with Gasteiger partial charge < -0.3 is 4.90 Å². The van der Waals surface area contributed by atoms with Gasteiger partial charge in [0.1, 0.15) is 0 Å². The Bertz CT molecular complexity index is 1170. The number of unbranched alkanes of at least 4 members (excludes halogenated alkanes) is 6. The molecule has 1 aromatic rings. The number of anilines is 1. The predicted octanol–water partition coefficient (Wildman–Crippen LogP) is 11.6. The minimum atomic E-state index is 0.424. The van der Waals surface area contributed by atoms with Gasteiger partial charge in [0.2, 0.25) is 0 Å². The number of thioether (sulfide) groups is 2.